The van der Waals surface area contributed by atoms with Crippen molar-refractivity contribution >= 4 is 49.4 Å². The van der Waals surface area contributed by atoms with Gasteiger partial charge in [-0.3, -0.25) is 4.57 Å². The maximum absolute atomic E-state index is 7.42. The van der Waals surface area contributed by atoms with Crippen LogP contribution < -0.4 is 0 Å². The zero-order chi connectivity index (χ0) is 34.6. The van der Waals surface area contributed by atoms with Crippen LogP contribution >= 0.6 is 0 Å². The average molecular weight is 664 g/mol. The summed E-state index contributed by atoms with van der Waals surface area (Å²) in [4.78, 5) is 13.8. The summed E-state index contributed by atoms with van der Waals surface area (Å²) in [6.45, 7) is 7.42. The van der Waals surface area contributed by atoms with Gasteiger partial charge in [0, 0.05) is 44.7 Å². The first-order chi connectivity index (χ1) is 25.7. The number of aromatic nitrogens is 4. The summed E-state index contributed by atoms with van der Waals surface area (Å²) in [5.74, 6) is 0. The Morgan fingerprint density at radius 2 is 1.15 bits per heavy atom. The zero-order valence-corrected chi connectivity index (χ0v) is 28.0. The summed E-state index contributed by atoms with van der Waals surface area (Å²) >= 11 is 0. The summed E-state index contributed by atoms with van der Waals surface area (Å²) in [7, 11) is 0. The minimum Gasteiger partial charge on any atom is -0.309 e. The van der Waals surface area contributed by atoms with Crippen LogP contribution in [0, 0.1) is 6.57 Å². The molecule has 242 valence electrons. The fourth-order valence-electron chi connectivity index (χ4n) is 7.62. The van der Waals surface area contributed by atoms with Gasteiger partial charge in [0.05, 0.1) is 34.5 Å². The van der Waals surface area contributed by atoms with Gasteiger partial charge in [-0.05, 0) is 77.4 Å². The zero-order valence-electron chi connectivity index (χ0n) is 28.0. The highest BCUT2D eigenvalue weighted by Gasteiger charge is 2.21. The number of benzene rings is 6. The monoisotopic (exact) mass is 663 g/mol. The number of fused-ring (bicyclic) bond motifs is 7. The van der Waals surface area contributed by atoms with Crippen molar-refractivity contribution in [2.24, 2.45) is 0 Å². The van der Waals surface area contributed by atoms with Crippen LogP contribution in [0.3, 0.4) is 0 Å². The van der Waals surface area contributed by atoms with E-state index in [1.54, 1.807) is 0 Å². The van der Waals surface area contributed by atoms with Crippen LogP contribution in [0.25, 0.3) is 93.6 Å². The van der Waals surface area contributed by atoms with Gasteiger partial charge in [-0.25, -0.2) is 14.8 Å². The normalized spacial score (nSPS) is 11.4. The van der Waals surface area contributed by atoms with Crippen molar-refractivity contribution in [3.05, 3.63) is 187 Å². The second-order valence-electron chi connectivity index (χ2n) is 13.0. The highest BCUT2D eigenvalue weighted by atomic mass is 15.1. The van der Waals surface area contributed by atoms with Gasteiger partial charge < -0.3 is 4.57 Å². The summed E-state index contributed by atoms with van der Waals surface area (Å²) < 4.78 is 4.68. The number of nitrogens with zero attached hydrogens (tertiary/aromatic N) is 5. The largest absolute Gasteiger partial charge is 0.309 e. The maximum atomic E-state index is 7.42. The fraction of sp³-hybridized carbons (Fsp3) is 0. The predicted octanol–water partition coefficient (Wildman–Crippen LogP) is 12.2. The molecular formula is C47H29N5. The number of hydrogen-bond acceptors (Lipinski definition) is 2. The van der Waals surface area contributed by atoms with Crippen molar-refractivity contribution in [3.63, 3.8) is 0 Å². The second-order valence-corrected chi connectivity index (χ2v) is 13.0. The van der Waals surface area contributed by atoms with E-state index >= 15 is 0 Å². The maximum Gasteiger partial charge on any atom is 0.187 e. The molecule has 0 bridgehead atoms. The molecule has 0 aliphatic carbocycles. The molecule has 0 atom stereocenters. The summed E-state index contributed by atoms with van der Waals surface area (Å²) in [6, 6.07) is 58.9. The lowest BCUT2D eigenvalue weighted by molar-refractivity contribution is 1.14. The van der Waals surface area contributed by atoms with E-state index in [2.05, 4.69) is 147 Å². The molecular weight excluding hydrogens is 635 g/mol. The number of rotatable bonds is 5. The van der Waals surface area contributed by atoms with Crippen LogP contribution in [0.15, 0.2) is 176 Å². The van der Waals surface area contributed by atoms with Gasteiger partial charge >= 0.3 is 0 Å². The quantitative estimate of drug-likeness (QED) is 0.172. The van der Waals surface area contributed by atoms with E-state index < -0.39 is 0 Å². The molecule has 6 aromatic carbocycles. The standard InChI is InChI=1S/C47H29N5/c1-48-35-23-21-32(22-24-35)41-29-34(31-12-4-2-5-13-31)30-42(50-41)33-14-10-17-37(28-33)52-46-38(39-19-11-27-49-47(39)52)25-26-44-45(46)40-18-8-9-20-43(40)51(44)36-15-6-3-7-16-36/h2-30H. The number of pyridine rings is 2. The Kier molecular flexibility index (Phi) is 6.80. The lowest BCUT2D eigenvalue weighted by atomic mass is 9.99. The third-order valence-electron chi connectivity index (χ3n) is 9.96. The molecule has 5 nitrogen and oxygen atoms in total. The van der Waals surface area contributed by atoms with Gasteiger partial charge in [-0.2, -0.15) is 0 Å². The first kappa shape index (κ1) is 29.6. The Balaban J connectivity index is 1.24. The van der Waals surface area contributed by atoms with Crippen LogP contribution in [-0.2, 0) is 0 Å². The second kappa shape index (κ2) is 11.9. The summed E-state index contributed by atoms with van der Waals surface area (Å²) in [6.07, 6.45) is 1.88. The molecule has 0 spiro atoms. The minimum atomic E-state index is 0.608. The molecule has 0 aliphatic heterocycles. The van der Waals surface area contributed by atoms with Crippen LogP contribution in [0.4, 0.5) is 5.69 Å². The Hall–Kier alpha value is -7.29. The molecule has 10 rings (SSSR count). The third-order valence-corrected chi connectivity index (χ3v) is 9.96. The highest BCUT2D eigenvalue weighted by molar-refractivity contribution is 6.25. The highest BCUT2D eigenvalue weighted by Crippen LogP contribution is 2.42. The molecule has 52 heavy (non-hydrogen) atoms. The van der Waals surface area contributed by atoms with E-state index in [0.29, 0.717) is 5.69 Å². The Bertz CT molecular complexity index is 3000. The van der Waals surface area contributed by atoms with Gasteiger partial charge in [-0.15, -0.1) is 0 Å². The van der Waals surface area contributed by atoms with Gasteiger partial charge in [-0.1, -0.05) is 109 Å². The van der Waals surface area contributed by atoms with Gasteiger partial charge in [0.2, 0.25) is 0 Å². The Labute approximate surface area is 300 Å². The third kappa shape index (κ3) is 4.70. The molecule has 0 amide bonds. The molecule has 0 aliphatic rings. The number of hydrogen-bond donors (Lipinski definition) is 0. The fourth-order valence-corrected chi connectivity index (χ4v) is 7.62. The molecule has 0 N–H and O–H groups in total. The molecule has 5 heteroatoms. The van der Waals surface area contributed by atoms with Crippen molar-refractivity contribution in [2.75, 3.05) is 0 Å². The minimum absolute atomic E-state index is 0.608. The molecule has 0 saturated heterocycles. The van der Waals surface area contributed by atoms with Crippen LogP contribution in [0.5, 0.6) is 0 Å². The smallest absolute Gasteiger partial charge is 0.187 e. The van der Waals surface area contributed by atoms with E-state index in [9.17, 15) is 0 Å². The molecule has 0 unspecified atom stereocenters. The molecule has 0 fully saturated rings. The lowest BCUT2D eigenvalue weighted by Gasteiger charge is -2.13. The first-order valence-corrected chi connectivity index (χ1v) is 17.3. The van der Waals surface area contributed by atoms with E-state index in [4.69, 9.17) is 16.5 Å². The van der Waals surface area contributed by atoms with Crippen LogP contribution in [0.2, 0.25) is 0 Å². The van der Waals surface area contributed by atoms with Crippen molar-refractivity contribution in [1.29, 1.82) is 0 Å². The SMILES string of the molecule is [C-]#[N+]c1ccc(-c2cc(-c3ccccc3)cc(-c3cccc(-n4c5ncccc5c5ccc6c(c7ccccc7n6-c6ccccc6)c54)c3)n2)cc1. The first-order valence-electron chi connectivity index (χ1n) is 17.3. The Morgan fingerprint density at radius 3 is 1.96 bits per heavy atom. The average Bonchev–Trinajstić information content (AvgIpc) is 3.74. The lowest BCUT2D eigenvalue weighted by Crippen LogP contribution is -1.97. The van der Waals surface area contributed by atoms with Crippen molar-refractivity contribution in [3.8, 4) is 45.0 Å². The van der Waals surface area contributed by atoms with Crippen molar-refractivity contribution < 1.29 is 0 Å². The molecule has 0 saturated carbocycles. The summed E-state index contributed by atoms with van der Waals surface area (Å²) in [5, 5.41) is 4.65. The van der Waals surface area contributed by atoms with Gasteiger partial charge in [0.1, 0.15) is 5.65 Å². The van der Waals surface area contributed by atoms with Crippen LogP contribution in [-0.4, -0.2) is 19.1 Å². The van der Waals surface area contributed by atoms with E-state index in [0.717, 1.165) is 78.0 Å². The molecule has 10 aromatic rings. The van der Waals surface area contributed by atoms with Gasteiger partial charge in [0.25, 0.3) is 0 Å². The molecule has 0 radical (unpaired) electrons. The topological polar surface area (TPSA) is 40.0 Å². The van der Waals surface area contributed by atoms with E-state index in [1.807, 2.05) is 42.6 Å². The van der Waals surface area contributed by atoms with Crippen LogP contribution in [0.1, 0.15) is 0 Å². The van der Waals surface area contributed by atoms with E-state index in [-0.39, 0.29) is 0 Å². The van der Waals surface area contributed by atoms with Crippen molar-refractivity contribution in [2.45, 2.75) is 0 Å². The predicted molar refractivity (Wildman–Crippen MR) is 213 cm³/mol. The van der Waals surface area contributed by atoms with Crippen molar-refractivity contribution in [1.82, 2.24) is 19.1 Å². The number of para-hydroxylation sites is 2. The Morgan fingerprint density at radius 1 is 0.462 bits per heavy atom. The summed E-state index contributed by atoms with van der Waals surface area (Å²) in [5.41, 5.74) is 13.0. The molecule has 4 aromatic heterocycles. The van der Waals surface area contributed by atoms with E-state index in [1.165, 1.54) is 10.8 Å². The van der Waals surface area contributed by atoms with Gasteiger partial charge in [0.15, 0.2) is 5.69 Å². The molecule has 4 heterocycles.